The van der Waals surface area contributed by atoms with Gasteiger partial charge in [-0.25, -0.2) is 9.67 Å². The zero-order valence-corrected chi connectivity index (χ0v) is 9.01. The summed E-state index contributed by atoms with van der Waals surface area (Å²) in [7, 11) is 0. The summed E-state index contributed by atoms with van der Waals surface area (Å²) in [6, 6.07) is 3.98. The quantitative estimate of drug-likeness (QED) is 0.621. The summed E-state index contributed by atoms with van der Waals surface area (Å²) in [6.07, 6.45) is 3.39. The van der Waals surface area contributed by atoms with Crippen LogP contribution in [0.5, 0.6) is 0 Å². The van der Waals surface area contributed by atoms with Crippen molar-refractivity contribution in [1.82, 2.24) is 19.9 Å². The number of nitrogens with zero attached hydrogens (tertiary/aromatic N) is 4. The maximum absolute atomic E-state index is 5.25. The molecular formula is C11H10N4O. The topological polar surface area (TPSA) is 56.7 Å². The number of fused-ring (bicyclic) bond motifs is 1. The van der Waals surface area contributed by atoms with Crippen molar-refractivity contribution in [3.05, 3.63) is 36.0 Å². The first kappa shape index (κ1) is 9.08. The van der Waals surface area contributed by atoms with E-state index in [0.717, 1.165) is 28.0 Å². The maximum atomic E-state index is 5.25. The average molecular weight is 214 g/mol. The molecule has 1 aromatic carbocycles. The van der Waals surface area contributed by atoms with Crippen LogP contribution in [-0.2, 0) is 0 Å². The van der Waals surface area contributed by atoms with E-state index in [4.69, 9.17) is 4.52 Å². The van der Waals surface area contributed by atoms with Crippen LogP contribution in [0.25, 0.3) is 16.7 Å². The second kappa shape index (κ2) is 3.16. The molecule has 0 unspecified atom stereocenters. The van der Waals surface area contributed by atoms with Crippen LogP contribution in [0.1, 0.15) is 11.4 Å². The highest BCUT2D eigenvalue weighted by Gasteiger charge is 2.10. The second-order valence-electron chi connectivity index (χ2n) is 3.71. The Bertz CT molecular complexity index is 653. The Kier molecular flexibility index (Phi) is 1.80. The van der Waals surface area contributed by atoms with Crippen molar-refractivity contribution in [1.29, 1.82) is 0 Å². The minimum atomic E-state index is 0.730. The largest absolute Gasteiger partial charge is 0.354 e. The number of benzene rings is 1. The van der Waals surface area contributed by atoms with Gasteiger partial charge in [0, 0.05) is 5.39 Å². The summed E-state index contributed by atoms with van der Waals surface area (Å²) in [5.74, 6) is 0.730. The van der Waals surface area contributed by atoms with Crippen LogP contribution < -0.4 is 0 Å². The molecule has 5 heteroatoms. The third-order valence-electron chi connectivity index (χ3n) is 2.57. The average Bonchev–Trinajstić information content (AvgIpc) is 2.87. The van der Waals surface area contributed by atoms with Crippen LogP contribution in [0.4, 0.5) is 0 Å². The summed E-state index contributed by atoms with van der Waals surface area (Å²) < 4.78 is 6.95. The Morgan fingerprint density at radius 2 is 2.12 bits per heavy atom. The molecule has 3 aromatic rings. The molecule has 0 amide bonds. The van der Waals surface area contributed by atoms with Crippen molar-refractivity contribution in [3.63, 3.8) is 0 Å². The van der Waals surface area contributed by atoms with E-state index in [1.54, 1.807) is 17.2 Å². The molecule has 0 radical (unpaired) electrons. The van der Waals surface area contributed by atoms with Gasteiger partial charge < -0.3 is 4.52 Å². The van der Waals surface area contributed by atoms with Gasteiger partial charge in [-0.15, -0.1) is 0 Å². The highest BCUT2D eigenvalue weighted by atomic mass is 16.5. The van der Waals surface area contributed by atoms with E-state index >= 15 is 0 Å². The van der Waals surface area contributed by atoms with E-state index in [9.17, 15) is 0 Å². The third kappa shape index (κ3) is 1.21. The highest BCUT2D eigenvalue weighted by molar-refractivity contribution is 5.86. The Morgan fingerprint density at radius 1 is 1.25 bits per heavy atom. The van der Waals surface area contributed by atoms with Gasteiger partial charge in [-0.2, -0.15) is 5.10 Å². The fraction of sp³-hybridized carbons (Fsp3) is 0.182. The number of hydrogen-bond acceptors (Lipinski definition) is 4. The number of rotatable bonds is 1. The fourth-order valence-corrected chi connectivity index (χ4v) is 1.72. The van der Waals surface area contributed by atoms with Gasteiger partial charge in [-0.05, 0) is 25.5 Å². The SMILES string of the molecule is Cc1ncn(-c2ccc(C)c3cnoc23)n1. The van der Waals surface area contributed by atoms with E-state index < -0.39 is 0 Å². The molecule has 0 spiro atoms. The first-order valence-electron chi connectivity index (χ1n) is 4.98. The Balaban J connectivity index is 2.32. The molecule has 3 rings (SSSR count). The molecule has 0 bridgehead atoms. The Hall–Kier alpha value is -2.17. The van der Waals surface area contributed by atoms with Crippen molar-refractivity contribution in [2.75, 3.05) is 0 Å². The van der Waals surface area contributed by atoms with Gasteiger partial charge in [0.25, 0.3) is 0 Å². The summed E-state index contributed by atoms with van der Waals surface area (Å²) in [5.41, 5.74) is 2.74. The fourth-order valence-electron chi connectivity index (χ4n) is 1.72. The third-order valence-corrected chi connectivity index (χ3v) is 2.57. The van der Waals surface area contributed by atoms with E-state index in [1.807, 2.05) is 26.0 Å². The van der Waals surface area contributed by atoms with Gasteiger partial charge in [0.15, 0.2) is 5.58 Å². The van der Waals surface area contributed by atoms with E-state index in [-0.39, 0.29) is 0 Å². The lowest BCUT2D eigenvalue weighted by Crippen LogP contribution is -1.95. The molecule has 80 valence electrons. The lowest BCUT2D eigenvalue weighted by molar-refractivity contribution is 0.455. The monoisotopic (exact) mass is 214 g/mol. The van der Waals surface area contributed by atoms with Gasteiger partial charge in [-0.1, -0.05) is 11.2 Å². The van der Waals surface area contributed by atoms with Crippen molar-refractivity contribution in [2.24, 2.45) is 0 Å². The van der Waals surface area contributed by atoms with Gasteiger partial charge in [-0.3, -0.25) is 0 Å². The Morgan fingerprint density at radius 3 is 2.88 bits per heavy atom. The second-order valence-corrected chi connectivity index (χ2v) is 3.71. The number of aryl methyl sites for hydroxylation is 2. The summed E-state index contributed by atoms with van der Waals surface area (Å²) in [4.78, 5) is 4.10. The molecule has 5 nitrogen and oxygen atoms in total. The predicted molar refractivity (Wildman–Crippen MR) is 58.4 cm³/mol. The summed E-state index contributed by atoms with van der Waals surface area (Å²) in [5, 5.41) is 9.08. The van der Waals surface area contributed by atoms with Crippen LogP contribution in [0.3, 0.4) is 0 Å². The summed E-state index contributed by atoms with van der Waals surface area (Å²) >= 11 is 0. The lowest BCUT2D eigenvalue weighted by atomic mass is 10.1. The molecule has 0 saturated heterocycles. The van der Waals surface area contributed by atoms with Gasteiger partial charge in [0.05, 0.1) is 6.20 Å². The predicted octanol–water partition coefficient (Wildman–Crippen LogP) is 2.03. The molecule has 16 heavy (non-hydrogen) atoms. The lowest BCUT2D eigenvalue weighted by Gasteiger charge is -2.01. The molecule has 0 N–H and O–H groups in total. The van der Waals surface area contributed by atoms with Crippen molar-refractivity contribution in [3.8, 4) is 5.69 Å². The van der Waals surface area contributed by atoms with E-state index in [0.29, 0.717) is 0 Å². The first-order valence-corrected chi connectivity index (χ1v) is 4.98. The minimum absolute atomic E-state index is 0.730. The van der Waals surface area contributed by atoms with Gasteiger partial charge >= 0.3 is 0 Å². The van der Waals surface area contributed by atoms with Gasteiger partial charge in [0.1, 0.15) is 17.8 Å². The summed E-state index contributed by atoms with van der Waals surface area (Å²) in [6.45, 7) is 3.87. The van der Waals surface area contributed by atoms with Crippen LogP contribution in [0.2, 0.25) is 0 Å². The molecule has 0 aliphatic heterocycles. The van der Waals surface area contributed by atoms with Crippen LogP contribution >= 0.6 is 0 Å². The van der Waals surface area contributed by atoms with E-state index in [1.165, 1.54) is 0 Å². The van der Waals surface area contributed by atoms with Crippen molar-refractivity contribution >= 4 is 11.0 Å². The standard InChI is InChI=1S/C11H10N4O/c1-7-3-4-10(11-9(7)5-13-16-11)15-6-12-8(2)14-15/h3-6H,1-2H3. The van der Waals surface area contributed by atoms with Crippen LogP contribution in [0, 0.1) is 13.8 Å². The maximum Gasteiger partial charge on any atom is 0.192 e. The molecular weight excluding hydrogens is 204 g/mol. The van der Waals surface area contributed by atoms with E-state index in [2.05, 4.69) is 15.2 Å². The van der Waals surface area contributed by atoms with Crippen LogP contribution in [0.15, 0.2) is 29.2 Å². The smallest absolute Gasteiger partial charge is 0.192 e. The molecule has 0 fully saturated rings. The molecule has 2 heterocycles. The van der Waals surface area contributed by atoms with Crippen molar-refractivity contribution in [2.45, 2.75) is 13.8 Å². The minimum Gasteiger partial charge on any atom is -0.354 e. The molecule has 0 aliphatic carbocycles. The highest BCUT2D eigenvalue weighted by Crippen LogP contribution is 2.24. The zero-order valence-electron chi connectivity index (χ0n) is 9.01. The first-order chi connectivity index (χ1) is 7.75. The number of hydrogen-bond donors (Lipinski definition) is 0. The van der Waals surface area contributed by atoms with Crippen LogP contribution in [-0.4, -0.2) is 19.9 Å². The molecule has 0 aliphatic rings. The normalized spacial score (nSPS) is 11.1. The molecule has 0 atom stereocenters. The Labute approximate surface area is 91.7 Å². The zero-order chi connectivity index (χ0) is 11.1. The molecule has 2 aromatic heterocycles. The van der Waals surface area contributed by atoms with Crippen molar-refractivity contribution < 1.29 is 4.52 Å². The molecule has 0 saturated carbocycles. The number of aromatic nitrogens is 4. The van der Waals surface area contributed by atoms with Gasteiger partial charge in [0.2, 0.25) is 0 Å².